The van der Waals surface area contributed by atoms with Crippen LogP contribution in [0.25, 0.3) is 0 Å². The van der Waals surface area contributed by atoms with E-state index in [0.29, 0.717) is 19.1 Å². The lowest BCUT2D eigenvalue weighted by Crippen LogP contribution is -2.56. The molecule has 154 valence electrons. The van der Waals surface area contributed by atoms with Crippen LogP contribution in [0.4, 0.5) is 10.1 Å². The van der Waals surface area contributed by atoms with Crippen molar-refractivity contribution in [3.05, 3.63) is 59.9 Å². The fourth-order valence-electron chi connectivity index (χ4n) is 4.46. The van der Waals surface area contributed by atoms with Crippen LogP contribution in [0.1, 0.15) is 23.2 Å². The number of nitrogens with zero attached hydrogens (tertiary/aromatic N) is 3. The molecule has 0 N–H and O–H groups in total. The van der Waals surface area contributed by atoms with E-state index in [1.165, 1.54) is 6.07 Å². The Labute approximate surface area is 171 Å². The molecule has 0 spiro atoms. The third-order valence-corrected chi connectivity index (χ3v) is 6.04. The van der Waals surface area contributed by atoms with E-state index in [1.807, 2.05) is 23.1 Å². The normalized spacial score (nSPS) is 20.6. The van der Waals surface area contributed by atoms with E-state index >= 15 is 0 Å². The average molecular weight is 397 g/mol. The largest absolute Gasteiger partial charge is 0.495 e. The third-order valence-electron chi connectivity index (χ3n) is 6.04. The highest BCUT2D eigenvalue weighted by molar-refractivity contribution is 5.94. The van der Waals surface area contributed by atoms with Gasteiger partial charge in [-0.2, -0.15) is 0 Å². The Balaban J connectivity index is 1.38. The molecule has 2 aliphatic heterocycles. The topological polar surface area (TPSA) is 36.0 Å². The number of benzene rings is 2. The van der Waals surface area contributed by atoms with Crippen LogP contribution in [0.15, 0.2) is 48.5 Å². The number of ether oxygens (including phenoxy) is 1. The van der Waals surface area contributed by atoms with Crippen molar-refractivity contribution in [1.29, 1.82) is 0 Å². The van der Waals surface area contributed by atoms with Gasteiger partial charge in [0.1, 0.15) is 11.6 Å². The fourth-order valence-corrected chi connectivity index (χ4v) is 4.46. The minimum absolute atomic E-state index is 0.175. The van der Waals surface area contributed by atoms with Crippen LogP contribution < -0.4 is 9.64 Å². The SMILES string of the molecule is COc1ccccc1N1CCN(C2CCCN(C(=O)c3ccccc3F)C2)CC1. The summed E-state index contributed by atoms with van der Waals surface area (Å²) >= 11 is 0. The summed E-state index contributed by atoms with van der Waals surface area (Å²) in [7, 11) is 1.71. The van der Waals surface area contributed by atoms with E-state index in [4.69, 9.17) is 4.74 Å². The molecule has 2 saturated heterocycles. The number of hydrogen-bond donors (Lipinski definition) is 0. The first-order valence-electron chi connectivity index (χ1n) is 10.3. The Morgan fingerprint density at radius 1 is 1.00 bits per heavy atom. The van der Waals surface area contributed by atoms with Crippen molar-refractivity contribution in [3.8, 4) is 5.75 Å². The van der Waals surface area contributed by atoms with Gasteiger partial charge in [-0.25, -0.2) is 4.39 Å². The number of halogens is 1. The first-order chi connectivity index (χ1) is 14.2. The lowest BCUT2D eigenvalue weighted by molar-refractivity contribution is 0.0559. The highest BCUT2D eigenvalue weighted by atomic mass is 19.1. The van der Waals surface area contributed by atoms with E-state index in [1.54, 1.807) is 25.3 Å². The molecule has 1 atom stereocenters. The molecular weight excluding hydrogens is 369 g/mol. The number of piperazine rings is 1. The minimum atomic E-state index is -0.440. The summed E-state index contributed by atoms with van der Waals surface area (Å²) in [6, 6.07) is 14.7. The monoisotopic (exact) mass is 397 g/mol. The average Bonchev–Trinajstić information content (AvgIpc) is 2.79. The van der Waals surface area contributed by atoms with Gasteiger partial charge in [-0.1, -0.05) is 24.3 Å². The predicted molar refractivity (Wildman–Crippen MR) is 112 cm³/mol. The summed E-state index contributed by atoms with van der Waals surface area (Å²) < 4.78 is 19.5. The number of hydrogen-bond acceptors (Lipinski definition) is 4. The van der Waals surface area contributed by atoms with E-state index in [9.17, 15) is 9.18 Å². The van der Waals surface area contributed by atoms with Gasteiger partial charge in [0, 0.05) is 45.3 Å². The van der Waals surface area contributed by atoms with Crippen molar-refractivity contribution >= 4 is 11.6 Å². The Bertz CT molecular complexity index is 852. The van der Waals surface area contributed by atoms with Crippen LogP contribution in [-0.2, 0) is 0 Å². The molecule has 0 saturated carbocycles. The van der Waals surface area contributed by atoms with Crippen molar-refractivity contribution in [1.82, 2.24) is 9.80 Å². The predicted octanol–water partition coefficient (Wildman–Crippen LogP) is 3.26. The zero-order chi connectivity index (χ0) is 20.2. The summed E-state index contributed by atoms with van der Waals surface area (Å²) in [6.45, 7) is 5.12. The quantitative estimate of drug-likeness (QED) is 0.794. The molecule has 0 bridgehead atoms. The molecule has 0 aromatic heterocycles. The highest BCUT2D eigenvalue weighted by Gasteiger charge is 2.31. The summed E-state index contributed by atoms with van der Waals surface area (Å²) in [4.78, 5) is 19.5. The summed E-state index contributed by atoms with van der Waals surface area (Å²) in [5.74, 6) is 0.269. The van der Waals surface area contributed by atoms with Crippen molar-refractivity contribution in [2.45, 2.75) is 18.9 Å². The molecule has 5 nitrogen and oxygen atoms in total. The molecule has 2 aromatic carbocycles. The molecule has 6 heteroatoms. The second-order valence-electron chi connectivity index (χ2n) is 7.72. The number of anilines is 1. The van der Waals surface area contributed by atoms with E-state index < -0.39 is 5.82 Å². The van der Waals surface area contributed by atoms with Crippen LogP contribution >= 0.6 is 0 Å². The second-order valence-corrected chi connectivity index (χ2v) is 7.72. The van der Waals surface area contributed by atoms with Crippen molar-refractivity contribution in [2.24, 2.45) is 0 Å². The van der Waals surface area contributed by atoms with E-state index in [0.717, 1.165) is 50.5 Å². The van der Waals surface area contributed by atoms with Crippen molar-refractivity contribution < 1.29 is 13.9 Å². The molecule has 0 aliphatic carbocycles. The van der Waals surface area contributed by atoms with Gasteiger partial charge in [0.15, 0.2) is 0 Å². The Kier molecular flexibility index (Phi) is 6.00. The minimum Gasteiger partial charge on any atom is -0.495 e. The van der Waals surface area contributed by atoms with Crippen LogP contribution in [0.3, 0.4) is 0 Å². The number of carbonyl (C=O) groups is 1. The van der Waals surface area contributed by atoms with Gasteiger partial charge in [-0.3, -0.25) is 9.69 Å². The van der Waals surface area contributed by atoms with Gasteiger partial charge >= 0.3 is 0 Å². The zero-order valence-electron chi connectivity index (χ0n) is 16.9. The Morgan fingerprint density at radius 2 is 1.72 bits per heavy atom. The summed E-state index contributed by atoms with van der Waals surface area (Å²) in [6.07, 6.45) is 2.04. The number of amides is 1. The van der Waals surface area contributed by atoms with Crippen molar-refractivity contribution in [2.75, 3.05) is 51.3 Å². The van der Waals surface area contributed by atoms with Gasteiger partial charge in [-0.15, -0.1) is 0 Å². The second kappa shape index (κ2) is 8.82. The van der Waals surface area contributed by atoms with Gasteiger partial charge < -0.3 is 14.5 Å². The first-order valence-corrected chi connectivity index (χ1v) is 10.3. The van der Waals surface area contributed by atoms with Crippen LogP contribution in [0.2, 0.25) is 0 Å². The Morgan fingerprint density at radius 3 is 2.48 bits per heavy atom. The first kappa shape index (κ1) is 19.7. The maximum atomic E-state index is 14.0. The van der Waals surface area contributed by atoms with Gasteiger partial charge in [0.05, 0.1) is 18.4 Å². The number of piperidine rings is 1. The zero-order valence-corrected chi connectivity index (χ0v) is 16.9. The third kappa shape index (κ3) is 4.22. The number of rotatable bonds is 4. The lowest BCUT2D eigenvalue weighted by Gasteiger charge is -2.44. The summed E-state index contributed by atoms with van der Waals surface area (Å²) in [5.41, 5.74) is 1.31. The molecule has 2 fully saturated rings. The fraction of sp³-hybridized carbons (Fsp3) is 0.435. The number of para-hydroxylation sites is 2. The molecule has 29 heavy (non-hydrogen) atoms. The molecule has 4 rings (SSSR count). The number of carbonyl (C=O) groups excluding carboxylic acids is 1. The molecule has 2 aliphatic rings. The lowest BCUT2D eigenvalue weighted by atomic mass is 10.0. The van der Waals surface area contributed by atoms with Gasteiger partial charge in [0.2, 0.25) is 0 Å². The number of methoxy groups -OCH3 is 1. The van der Waals surface area contributed by atoms with Crippen LogP contribution in [0.5, 0.6) is 5.75 Å². The smallest absolute Gasteiger partial charge is 0.256 e. The molecule has 1 amide bonds. The van der Waals surface area contributed by atoms with E-state index in [-0.39, 0.29) is 11.5 Å². The highest BCUT2D eigenvalue weighted by Crippen LogP contribution is 2.29. The van der Waals surface area contributed by atoms with Gasteiger partial charge in [-0.05, 0) is 37.1 Å². The van der Waals surface area contributed by atoms with E-state index in [2.05, 4.69) is 15.9 Å². The van der Waals surface area contributed by atoms with Crippen molar-refractivity contribution in [3.63, 3.8) is 0 Å². The molecular formula is C23H28FN3O2. The molecule has 0 radical (unpaired) electrons. The van der Waals surface area contributed by atoms with Gasteiger partial charge in [0.25, 0.3) is 5.91 Å². The van der Waals surface area contributed by atoms with Crippen LogP contribution in [0, 0.1) is 5.82 Å². The maximum absolute atomic E-state index is 14.0. The Hall–Kier alpha value is -2.60. The molecule has 2 heterocycles. The number of likely N-dealkylation sites (tertiary alicyclic amines) is 1. The standard InChI is InChI=1S/C23H28FN3O2/c1-29-22-11-5-4-10-21(22)26-15-13-25(14-16-26)18-7-6-12-27(17-18)23(28)19-8-2-3-9-20(19)24/h2-5,8-11,18H,6-7,12-17H2,1H3. The molecule has 1 unspecified atom stereocenters. The maximum Gasteiger partial charge on any atom is 0.256 e. The molecule has 2 aromatic rings. The summed E-state index contributed by atoms with van der Waals surface area (Å²) in [5, 5.41) is 0. The van der Waals surface area contributed by atoms with Crippen LogP contribution in [-0.4, -0.2) is 68.1 Å².